The van der Waals surface area contributed by atoms with Gasteiger partial charge in [0.25, 0.3) is 11.5 Å². The highest BCUT2D eigenvalue weighted by atomic mass is 16.2. The summed E-state index contributed by atoms with van der Waals surface area (Å²) >= 11 is 0. The van der Waals surface area contributed by atoms with Crippen LogP contribution in [-0.4, -0.2) is 21.4 Å². The van der Waals surface area contributed by atoms with Gasteiger partial charge in [-0.25, -0.2) is 10.1 Å². The van der Waals surface area contributed by atoms with E-state index < -0.39 is 5.91 Å². The Labute approximate surface area is 156 Å². The second kappa shape index (κ2) is 7.15. The highest BCUT2D eigenvalue weighted by Crippen LogP contribution is 2.19. The molecule has 1 heterocycles. The van der Waals surface area contributed by atoms with Crippen molar-refractivity contribution in [2.75, 3.05) is 0 Å². The van der Waals surface area contributed by atoms with Gasteiger partial charge < -0.3 is 0 Å². The summed E-state index contributed by atoms with van der Waals surface area (Å²) in [6, 6.07) is 15.3. The third-order valence-corrected chi connectivity index (χ3v) is 4.89. The quantitative estimate of drug-likeness (QED) is 0.730. The van der Waals surface area contributed by atoms with Gasteiger partial charge in [-0.2, -0.15) is 10.2 Å². The van der Waals surface area contributed by atoms with Gasteiger partial charge in [-0.3, -0.25) is 9.59 Å². The van der Waals surface area contributed by atoms with Crippen molar-refractivity contribution in [3.05, 3.63) is 75.7 Å². The van der Waals surface area contributed by atoms with Crippen LogP contribution < -0.4 is 11.0 Å². The lowest BCUT2D eigenvalue weighted by Crippen LogP contribution is -2.29. The molecule has 0 radical (unpaired) electrons. The zero-order chi connectivity index (χ0) is 18.8. The number of aryl methyl sites for hydroxylation is 2. The highest BCUT2D eigenvalue weighted by molar-refractivity contribution is 6.05. The maximum Gasteiger partial charge on any atom is 0.292 e. The number of hydrogen-bond donors (Lipinski definition) is 1. The van der Waals surface area contributed by atoms with Gasteiger partial charge in [-0.05, 0) is 37.0 Å². The van der Waals surface area contributed by atoms with Crippen LogP contribution in [0, 0.1) is 0 Å². The summed E-state index contributed by atoms with van der Waals surface area (Å²) in [7, 11) is 0. The molecule has 0 bridgehead atoms. The first-order chi connectivity index (χ1) is 13.2. The summed E-state index contributed by atoms with van der Waals surface area (Å²) in [5.41, 5.74) is 6.18. The molecule has 1 amide bonds. The Morgan fingerprint density at radius 3 is 2.56 bits per heavy atom. The first-order valence-corrected chi connectivity index (χ1v) is 9.09. The van der Waals surface area contributed by atoms with Gasteiger partial charge in [-0.15, -0.1) is 0 Å². The number of nitrogens with one attached hydrogen (secondary N) is 1. The molecule has 27 heavy (non-hydrogen) atoms. The lowest BCUT2D eigenvalue weighted by molar-refractivity contribution is 0.0949. The fraction of sp³-hybridized carbons (Fsp3) is 0.238. The smallest absolute Gasteiger partial charge is 0.267 e. The zero-order valence-corrected chi connectivity index (χ0v) is 15.1. The minimum absolute atomic E-state index is 0.195. The Kier molecular flexibility index (Phi) is 4.54. The molecule has 136 valence electrons. The molecule has 1 aromatic heterocycles. The number of carbonyl (C=O) groups excluding carboxylic acids is 1. The molecule has 6 nitrogen and oxygen atoms in total. The van der Waals surface area contributed by atoms with E-state index in [4.69, 9.17) is 0 Å². The summed E-state index contributed by atoms with van der Waals surface area (Å²) in [5.74, 6) is -0.403. The van der Waals surface area contributed by atoms with E-state index in [1.807, 2.05) is 19.1 Å². The number of aromatic nitrogens is 2. The number of fused-ring (bicyclic) bond motifs is 2. The number of nitrogens with zero attached hydrogens (tertiary/aromatic N) is 3. The maximum atomic E-state index is 12.7. The van der Waals surface area contributed by atoms with Gasteiger partial charge in [0.15, 0.2) is 5.69 Å². The van der Waals surface area contributed by atoms with Gasteiger partial charge in [0.1, 0.15) is 0 Å². The number of hydrazone groups is 1. The topological polar surface area (TPSA) is 76.3 Å². The molecule has 0 spiro atoms. The van der Waals surface area contributed by atoms with Crippen LogP contribution in [0.15, 0.2) is 58.4 Å². The van der Waals surface area contributed by atoms with Crippen molar-refractivity contribution in [2.45, 2.75) is 32.7 Å². The van der Waals surface area contributed by atoms with Crippen LogP contribution >= 0.6 is 0 Å². The Balaban J connectivity index is 1.63. The minimum Gasteiger partial charge on any atom is -0.267 e. The minimum atomic E-state index is -0.403. The van der Waals surface area contributed by atoms with Crippen molar-refractivity contribution in [2.24, 2.45) is 5.10 Å². The van der Waals surface area contributed by atoms with Crippen LogP contribution in [-0.2, 0) is 19.4 Å². The molecule has 1 N–H and O–H groups in total. The van der Waals surface area contributed by atoms with Crippen molar-refractivity contribution in [3.63, 3.8) is 0 Å². The molecular weight excluding hydrogens is 340 g/mol. The van der Waals surface area contributed by atoms with Crippen molar-refractivity contribution in [3.8, 4) is 0 Å². The van der Waals surface area contributed by atoms with Gasteiger partial charge >= 0.3 is 0 Å². The van der Waals surface area contributed by atoms with E-state index in [1.165, 1.54) is 15.8 Å². The SMILES string of the molecule is CCn1nc(C(=O)N/N=C2/CCc3ccccc3C2)c2ccccc2c1=O. The maximum absolute atomic E-state index is 12.7. The number of carbonyl (C=O) groups is 1. The average Bonchev–Trinajstić information content (AvgIpc) is 2.72. The molecule has 0 fully saturated rings. The number of hydrogen-bond acceptors (Lipinski definition) is 4. The molecule has 1 aliphatic rings. The predicted octanol–water partition coefficient (Wildman–Crippen LogP) is 2.69. The number of benzene rings is 2. The second-order valence-electron chi connectivity index (χ2n) is 6.58. The Morgan fingerprint density at radius 2 is 1.78 bits per heavy atom. The largest absolute Gasteiger partial charge is 0.292 e. The second-order valence-corrected chi connectivity index (χ2v) is 6.58. The van der Waals surface area contributed by atoms with Crippen LogP contribution in [0.3, 0.4) is 0 Å². The molecule has 2 aromatic carbocycles. The first-order valence-electron chi connectivity index (χ1n) is 9.09. The van der Waals surface area contributed by atoms with Gasteiger partial charge in [0, 0.05) is 24.1 Å². The van der Waals surface area contributed by atoms with E-state index >= 15 is 0 Å². The molecular formula is C21H20N4O2. The fourth-order valence-corrected chi connectivity index (χ4v) is 3.46. The molecule has 3 aromatic rings. The molecule has 0 saturated heterocycles. The lowest BCUT2D eigenvalue weighted by atomic mass is 9.90. The zero-order valence-electron chi connectivity index (χ0n) is 15.1. The highest BCUT2D eigenvalue weighted by Gasteiger charge is 2.17. The fourth-order valence-electron chi connectivity index (χ4n) is 3.46. The molecule has 1 aliphatic carbocycles. The predicted molar refractivity (Wildman–Crippen MR) is 105 cm³/mol. The van der Waals surface area contributed by atoms with E-state index in [-0.39, 0.29) is 11.3 Å². The van der Waals surface area contributed by atoms with Crippen molar-refractivity contribution in [1.82, 2.24) is 15.2 Å². The third-order valence-electron chi connectivity index (χ3n) is 4.89. The normalized spacial score (nSPS) is 14.9. The Bertz CT molecular complexity index is 1110. The lowest BCUT2D eigenvalue weighted by Gasteiger charge is -2.17. The standard InChI is InChI=1S/C21H20N4O2/c1-2-25-21(27)18-10-6-5-9-17(18)19(24-25)20(26)23-22-16-12-11-14-7-3-4-8-15(14)13-16/h3-10H,2,11-13H2,1H3,(H,23,26)/b22-16-. The Hall–Kier alpha value is -3.28. The molecule has 0 unspecified atom stereocenters. The summed E-state index contributed by atoms with van der Waals surface area (Å²) < 4.78 is 1.31. The van der Waals surface area contributed by atoms with Crippen LogP contribution in [0.4, 0.5) is 0 Å². The molecule has 6 heteroatoms. The number of rotatable bonds is 3. The first kappa shape index (κ1) is 17.1. The number of amides is 1. The Morgan fingerprint density at radius 1 is 1.07 bits per heavy atom. The summed E-state index contributed by atoms with van der Waals surface area (Å²) in [6.45, 7) is 2.22. The molecule has 4 rings (SSSR count). The van der Waals surface area contributed by atoms with E-state index in [0.29, 0.717) is 17.3 Å². The van der Waals surface area contributed by atoms with Crippen molar-refractivity contribution in [1.29, 1.82) is 0 Å². The van der Waals surface area contributed by atoms with Crippen molar-refractivity contribution >= 4 is 22.4 Å². The summed E-state index contributed by atoms with van der Waals surface area (Å²) in [4.78, 5) is 25.1. The van der Waals surface area contributed by atoms with Gasteiger partial charge in [0.05, 0.1) is 5.39 Å². The third kappa shape index (κ3) is 3.26. The molecule has 0 aliphatic heterocycles. The van der Waals surface area contributed by atoms with Crippen molar-refractivity contribution < 1.29 is 4.79 Å². The summed E-state index contributed by atoms with van der Waals surface area (Å²) in [5, 5.41) is 9.60. The average molecular weight is 360 g/mol. The van der Waals surface area contributed by atoms with Gasteiger partial charge in [0.2, 0.25) is 0 Å². The van der Waals surface area contributed by atoms with Gasteiger partial charge in [-0.1, -0.05) is 42.5 Å². The van der Waals surface area contributed by atoms with Crippen LogP contribution in [0.1, 0.15) is 35.0 Å². The monoisotopic (exact) mass is 360 g/mol. The molecule has 0 atom stereocenters. The van der Waals surface area contributed by atoms with E-state index in [0.717, 1.165) is 25.0 Å². The van der Waals surface area contributed by atoms with E-state index in [9.17, 15) is 9.59 Å². The van der Waals surface area contributed by atoms with E-state index in [1.54, 1.807) is 24.3 Å². The van der Waals surface area contributed by atoms with Crippen LogP contribution in [0.5, 0.6) is 0 Å². The molecule has 0 saturated carbocycles. The van der Waals surface area contributed by atoms with Crippen LogP contribution in [0.25, 0.3) is 10.8 Å². The van der Waals surface area contributed by atoms with Crippen LogP contribution in [0.2, 0.25) is 0 Å². The van der Waals surface area contributed by atoms with E-state index in [2.05, 4.69) is 27.8 Å². The summed E-state index contributed by atoms with van der Waals surface area (Å²) in [6.07, 6.45) is 2.48.